The highest BCUT2D eigenvalue weighted by Crippen LogP contribution is 2.13. The van der Waals surface area contributed by atoms with Crippen LogP contribution in [0.1, 0.15) is 19.0 Å². The zero-order valence-electron chi connectivity index (χ0n) is 15.3. The number of amides is 1. The minimum Gasteiger partial charge on any atom is -0.452 e. The van der Waals surface area contributed by atoms with E-state index in [0.29, 0.717) is 5.69 Å². The molecule has 1 amide bonds. The van der Waals surface area contributed by atoms with Crippen LogP contribution in [-0.2, 0) is 27.9 Å². The number of nitrogens with zero attached hydrogens (tertiary/aromatic N) is 3. The molecule has 3 aromatic rings. The fourth-order valence-electron chi connectivity index (χ4n) is 2.74. The molecule has 0 aliphatic heterocycles. The number of hydrogen-bond donors (Lipinski definition) is 1. The molecule has 142 valence electrons. The predicted molar refractivity (Wildman–Crippen MR) is 97.2 cm³/mol. The Morgan fingerprint density at radius 3 is 2.67 bits per heavy atom. The molecule has 0 spiro atoms. The Morgan fingerprint density at radius 2 is 2.00 bits per heavy atom. The smallest absolute Gasteiger partial charge is 0.328 e. The molecule has 27 heavy (non-hydrogen) atoms. The average molecular weight is 372 g/mol. The minimum absolute atomic E-state index is 0.0348. The van der Waals surface area contributed by atoms with Crippen LogP contribution in [0.2, 0.25) is 0 Å². The number of para-hydroxylation sites is 2. The largest absolute Gasteiger partial charge is 0.452 e. The van der Waals surface area contributed by atoms with Crippen molar-refractivity contribution in [3.05, 3.63) is 46.5 Å². The van der Waals surface area contributed by atoms with Crippen molar-refractivity contribution in [2.75, 3.05) is 5.32 Å². The number of carbonyl (C=O) groups excluding carboxylic acids is 2. The van der Waals surface area contributed by atoms with Crippen LogP contribution in [-0.4, -0.2) is 32.3 Å². The summed E-state index contributed by atoms with van der Waals surface area (Å²) in [4.78, 5) is 36.4. The zero-order valence-corrected chi connectivity index (χ0v) is 15.3. The molecule has 0 fully saturated rings. The summed E-state index contributed by atoms with van der Waals surface area (Å²) < 4.78 is 13.1. The van der Waals surface area contributed by atoms with E-state index in [4.69, 9.17) is 9.26 Å². The highest BCUT2D eigenvalue weighted by molar-refractivity contribution is 5.94. The highest BCUT2D eigenvalue weighted by Gasteiger charge is 2.20. The molecule has 3 rings (SSSR count). The van der Waals surface area contributed by atoms with Crippen molar-refractivity contribution in [2.45, 2.75) is 32.9 Å². The van der Waals surface area contributed by atoms with E-state index >= 15 is 0 Å². The molecule has 0 aliphatic rings. The maximum atomic E-state index is 12.3. The standard InChI is InChI=1S/C18H20N4O5/c1-11-10-15(27-20-11)19-17(24)12(2)26-16(23)8-9-22-14-7-5-4-6-13(14)21(3)18(22)25/h4-7,10,12H,8-9H2,1-3H3,(H,19,24)/t12-/m1/s1. The molecule has 0 bridgehead atoms. The third kappa shape index (κ3) is 3.91. The number of rotatable bonds is 6. The molecule has 9 heteroatoms. The van der Waals surface area contributed by atoms with E-state index in [1.807, 2.05) is 24.3 Å². The lowest BCUT2D eigenvalue weighted by molar-refractivity contribution is -0.153. The molecule has 1 N–H and O–H groups in total. The number of esters is 1. The normalized spacial score (nSPS) is 12.1. The fourth-order valence-corrected chi connectivity index (χ4v) is 2.74. The monoisotopic (exact) mass is 372 g/mol. The lowest BCUT2D eigenvalue weighted by Crippen LogP contribution is -2.30. The van der Waals surface area contributed by atoms with Crippen molar-refractivity contribution in [1.29, 1.82) is 0 Å². The third-order valence-electron chi connectivity index (χ3n) is 4.14. The van der Waals surface area contributed by atoms with Gasteiger partial charge in [-0.15, -0.1) is 0 Å². The zero-order chi connectivity index (χ0) is 19.6. The summed E-state index contributed by atoms with van der Waals surface area (Å²) in [5, 5.41) is 6.13. The van der Waals surface area contributed by atoms with Gasteiger partial charge in [-0.05, 0) is 26.0 Å². The lowest BCUT2D eigenvalue weighted by Gasteiger charge is -2.12. The molecular formula is C18H20N4O5. The molecule has 1 aromatic carbocycles. The first kappa shape index (κ1) is 18.4. The highest BCUT2D eigenvalue weighted by atomic mass is 16.5. The van der Waals surface area contributed by atoms with Gasteiger partial charge in [0, 0.05) is 19.7 Å². The van der Waals surface area contributed by atoms with E-state index in [2.05, 4.69) is 10.5 Å². The van der Waals surface area contributed by atoms with Gasteiger partial charge in [-0.1, -0.05) is 17.3 Å². The Balaban J connectivity index is 1.59. The fraction of sp³-hybridized carbons (Fsp3) is 0.333. The number of imidazole rings is 1. The van der Waals surface area contributed by atoms with Crippen molar-refractivity contribution >= 4 is 28.8 Å². The van der Waals surface area contributed by atoms with Gasteiger partial charge in [0.1, 0.15) is 0 Å². The lowest BCUT2D eigenvalue weighted by atomic mass is 10.3. The molecule has 1 atom stereocenters. The van der Waals surface area contributed by atoms with Crippen molar-refractivity contribution < 1.29 is 18.8 Å². The van der Waals surface area contributed by atoms with E-state index in [-0.39, 0.29) is 24.5 Å². The van der Waals surface area contributed by atoms with Gasteiger partial charge in [-0.2, -0.15) is 0 Å². The quantitative estimate of drug-likeness (QED) is 0.659. The second-order valence-corrected chi connectivity index (χ2v) is 6.19. The topological polar surface area (TPSA) is 108 Å². The summed E-state index contributed by atoms with van der Waals surface area (Å²) in [6.45, 7) is 3.34. The Morgan fingerprint density at radius 1 is 1.30 bits per heavy atom. The summed E-state index contributed by atoms with van der Waals surface area (Å²) in [5.41, 5.74) is 1.93. The van der Waals surface area contributed by atoms with E-state index in [0.717, 1.165) is 11.0 Å². The van der Waals surface area contributed by atoms with E-state index in [1.54, 1.807) is 20.0 Å². The van der Waals surface area contributed by atoms with Crippen LogP contribution in [0.5, 0.6) is 0 Å². The number of hydrogen-bond acceptors (Lipinski definition) is 6. The first-order valence-electron chi connectivity index (χ1n) is 8.44. The molecular weight excluding hydrogens is 352 g/mol. The summed E-state index contributed by atoms with van der Waals surface area (Å²) in [6, 6.07) is 8.88. The predicted octanol–water partition coefficient (Wildman–Crippen LogP) is 1.60. The number of carbonyl (C=O) groups is 2. The van der Waals surface area contributed by atoms with E-state index in [9.17, 15) is 14.4 Å². The molecule has 9 nitrogen and oxygen atoms in total. The minimum atomic E-state index is -1.01. The Kier molecular flexibility index (Phi) is 5.11. The number of nitrogens with one attached hydrogen (secondary N) is 1. The summed E-state index contributed by atoms with van der Waals surface area (Å²) in [5.74, 6) is -0.921. The molecule has 2 aromatic heterocycles. The maximum Gasteiger partial charge on any atom is 0.328 e. The van der Waals surface area contributed by atoms with Gasteiger partial charge in [0.2, 0.25) is 5.88 Å². The number of fused-ring (bicyclic) bond motifs is 1. The van der Waals surface area contributed by atoms with Gasteiger partial charge in [0.05, 0.1) is 23.1 Å². The van der Waals surface area contributed by atoms with Gasteiger partial charge < -0.3 is 9.26 Å². The molecule has 0 unspecified atom stereocenters. The molecule has 0 radical (unpaired) electrons. The van der Waals surface area contributed by atoms with E-state index in [1.165, 1.54) is 16.1 Å². The number of anilines is 1. The van der Waals surface area contributed by atoms with Crippen LogP contribution in [0.4, 0.5) is 5.88 Å². The van der Waals surface area contributed by atoms with Gasteiger partial charge in [0.15, 0.2) is 6.10 Å². The van der Waals surface area contributed by atoms with Crippen molar-refractivity contribution in [2.24, 2.45) is 7.05 Å². The molecule has 0 aliphatic carbocycles. The molecule has 2 heterocycles. The van der Waals surface area contributed by atoms with Gasteiger partial charge >= 0.3 is 11.7 Å². The van der Waals surface area contributed by atoms with Crippen LogP contribution in [0.3, 0.4) is 0 Å². The number of aryl methyl sites for hydroxylation is 3. The molecule has 0 saturated heterocycles. The SMILES string of the molecule is Cc1cc(NC(=O)[C@@H](C)OC(=O)CCn2c(=O)n(C)c3ccccc32)on1. The first-order chi connectivity index (χ1) is 12.9. The molecule has 0 saturated carbocycles. The third-order valence-corrected chi connectivity index (χ3v) is 4.14. The second-order valence-electron chi connectivity index (χ2n) is 6.19. The van der Waals surface area contributed by atoms with Crippen LogP contribution in [0.25, 0.3) is 11.0 Å². The Labute approximate surface area is 154 Å². The van der Waals surface area contributed by atoms with Gasteiger partial charge in [0.25, 0.3) is 5.91 Å². The number of ether oxygens (including phenoxy) is 1. The van der Waals surface area contributed by atoms with Crippen LogP contribution in [0.15, 0.2) is 39.6 Å². The summed E-state index contributed by atoms with van der Waals surface area (Å²) in [6.07, 6.45) is -1.04. The first-order valence-corrected chi connectivity index (χ1v) is 8.44. The van der Waals surface area contributed by atoms with Crippen molar-refractivity contribution in [3.8, 4) is 0 Å². The number of aromatic nitrogens is 3. The van der Waals surface area contributed by atoms with Gasteiger partial charge in [-0.25, -0.2) is 4.79 Å². The number of benzene rings is 1. The summed E-state index contributed by atoms with van der Waals surface area (Å²) in [7, 11) is 1.68. The Hall–Kier alpha value is -3.36. The maximum absolute atomic E-state index is 12.3. The van der Waals surface area contributed by atoms with Gasteiger partial charge in [-0.3, -0.25) is 24.0 Å². The van der Waals surface area contributed by atoms with E-state index < -0.39 is 18.0 Å². The van der Waals surface area contributed by atoms with Crippen molar-refractivity contribution in [3.63, 3.8) is 0 Å². The summed E-state index contributed by atoms with van der Waals surface area (Å²) >= 11 is 0. The average Bonchev–Trinajstić information content (AvgIpc) is 3.15. The van der Waals surface area contributed by atoms with Crippen LogP contribution in [0, 0.1) is 6.92 Å². The van der Waals surface area contributed by atoms with Crippen molar-refractivity contribution in [1.82, 2.24) is 14.3 Å². The second kappa shape index (κ2) is 7.48. The Bertz CT molecular complexity index is 1050. The van der Waals surface area contributed by atoms with Crippen LogP contribution < -0.4 is 11.0 Å². The van der Waals surface area contributed by atoms with Crippen LogP contribution >= 0.6 is 0 Å².